The molecule has 1 heterocycles. The van der Waals surface area contributed by atoms with E-state index in [1.807, 2.05) is 43.3 Å². The average molecular weight is 561 g/mol. The van der Waals surface area contributed by atoms with Gasteiger partial charge in [-0.15, -0.1) is 4.83 Å². The van der Waals surface area contributed by atoms with Crippen LogP contribution in [0.1, 0.15) is 56.6 Å². The highest BCUT2D eigenvalue weighted by molar-refractivity contribution is 7.89. The molecule has 0 spiro atoms. The van der Waals surface area contributed by atoms with Crippen LogP contribution in [-0.4, -0.2) is 37.8 Å². The Bertz CT molecular complexity index is 1540. The number of carbonyl (C=O) groups is 2. The molecule has 2 aliphatic rings. The van der Waals surface area contributed by atoms with E-state index in [0.717, 1.165) is 33.6 Å². The minimum Gasteiger partial charge on any atom is -0.352 e. The van der Waals surface area contributed by atoms with E-state index in [1.165, 1.54) is 31.7 Å². The highest BCUT2D eigenvalue weighted by atomic mass is 32.2. The first-order valence-corrected chi connectivity index (χ1v) is 15.4. The Kier molecular flexibility index (Phi) is 8.63. The molecule has 8 nitrogen and oxygen atoms in total. The summed E-state index contributed by atoms with van der Waals surface area (Å²) in [6, 6.07) is 20.8. The third-order valence-electron chi connectivity index (χ3n) is 7.87. The van der Waals surface area contributed by atoms with Gasteiger partial charge in [-0.25, -0.2) is 8.42 Å². The summed E-state index contributed by atoms with van der Waals surface area (Å²) in [7, 11) is -4.03. The maximum Gasteiger partial charge on any atom is 0.265 e. The summed E-state index contributed by atoms with van der Waals surface area (Å²) in [5.74, 6) is -0.774. The maximum absolute atomic E-state index is 13.3. The first-order chi connectivity index (χ1) is 19.3. The fourth-order valence-corrected chi connectivity index (χ4v) is 6.81. The fourth-order valence-electron chi connectivity index (χ4n) is 5.52. The second-order valence-corrected chi connectivity index (χ2v) is 12.3. The van der Waals surface area contributed by atoms with E-state index in [4.69, 9.17) is 0 Å². The number of hydrazine groups is 1. The zero-order valence-electron chi connectivity index (χ0n) is 22.8. The van der Waals surface area contributed by atoms with E-state index in [9.17, 15) is 18.0 Å². The minimum absolute atomic E-state index is 0.102. The number of nitrogens with one attached hydrogen (secondary N) is 3. The molecule has 1 saturated carbocycles. The maximum atomic E-state index is 13.3. The van der Waals surface area contributed by atoms with Gasteiger partial charge in [0.15, 0.2) is 0 Å². The third kappa shape index (κ3) is 6.43. The van der Waals surface area contributed by atoms with Crippen LogP contribution in [0, 0.1) is 0 Å². The quantitative estimate of drug-likeness (QED) is 0.342. The average Bonchev–Trinajstić information content (AvgIpc) is 3.48. The van der Waals surface area contributed by atoms with Crippen molar-refractivity contribution in [1.29, 1.82) is 0 Å². The Balaban J connectivity index is 1.22. The highest BCUT2D eigenvalue weighted by Gasteiger charge is 2.31. The van der Waals surface area contributed by atoms with Crippen molar-refractivity contribution in [2.75, 3.05) is 6.54 Å². The van der Waals surface area contributed by atoms with Gasteiger partial charge in [-0.1, -0.05) is 79.1 Å². The van der Waals surface area contributed by atoms with Gasteiger partial charge in [-0.05, 0) is 48.8 Å². The third-order valence-corrected chi connectivity index (χ3v) is 9.26. The molecule has 40 heavy (non-hydrogen) atoms. The largest absolute Gasteiger partial charge is 0.352 e. The van der Waals surface area contributed by atoms with Crippen molar-refractivity contribution in [1.82, 2.24) is 20.5 Å². The zero-order chi connectivity index (χ0) is 28.1. The van der Waals surface area contributed by atoms with Crippen LogP contribution in [0.3, 0.4) is 0 Å². The normalized spacial score (nSPS) is 16.6. The van der Waals surface area contributed by atoms with Crippen molar-refractivity contribution in [3.8, 4) is 0 Å². The smallest absolute Gasteiger partial charge is 0.265 e. The molecule has 0 bridgehead atoms. The number of hydrogen-bond acceptors (Lipinski definition) is 5. The second-order valence-electron chi connectivity index (χ2n) is 10.6. The van der Waals surface area contributed by atoms with Crippen LogP contribution < -0.4 is 15.5 Å². The van der Waals surface area contributed by atoms with Crippen LogP contribution in [0.15, 0.2) is 82.8 Å². The molecule has 210 valence electrons. The molecule has 2 amide bonds. The lowest BCUT2D eigenvalue weighted by molar-refractivity contribution is -0.131. The number of rotatable bonds is 10. The first kappa shape index (κ1) is 28.0. The fraction of sp³-hybridized carbons (Fsp3) is 0.355. The molecule has 5 rings (SSSR count). The topological polar surface area (TPSA) is 108 Å². The molecule has 0 radical (unpaired) electrons. The van der Waals surface area contributed by atoms with Crippen molar-refractivity contribution in [2.45, 2.75) is 69.5 Å². The summed E-state index contributed by atoms with van der Waals surface area (Å²) in [5.41, 5.74) is 3.29. The first-order valence-electron chi connectivity index (χ1n) is 13.9. The van der Waals surface area contributed by atoms with Crippen LogP contribution in [-0.2, 0) is 32.7 Å². The number of nitrogens with zero attached hydrogens (tertiary/aromatic N) is 1. The highest BCUT2D eigenvalue weighted by Crippen LogP contribution is 2.25. The van der Waals surface area contributed by atoms with E-state index in [-0.39, 0.29) is 23.8 Å². The van der Waals surface area contributed by atoms with E-state index in [0.29, 0.717) is 30.0 Å². The van der Waals surface area contributed by atoms with Crippen molar-refractivity contribution in [3.05, 3.63) is 89.0 Å². The van der Waals surface area contributed by atoms with Crippen molar-refractivity contribution in [2.24, 2.45) is 0 Å². The summed E-state index contributed by atoms with van der Waals surface area (Å²) in [5, 5.41) is 9.05. The summed E-state index contributed by atoms with van der Waals surface area (Å²) < 4.78 is 26.6. The Hall–Kier alpha value is -3.53. The molecular formula is C31H36N4O4S. The number of fused-ring (bicyclic) bond motifs is 1. The summed E-state index contributed by atoms with van der Waals surface area (Å²) in [6.45, 7) is 3.13. The zero-order valence-corrected chi connectivity index (χ0v) is 23.6. The second kappa shape index (κ2) is 12.3. The molecule has 1 fully saturated rings. The van der Waals surface area contributed by atoms with Crippen LogP contribution in [0.25, 0.3) is 10.8 Å². The summed E-state index contributed by atoms with van der Waals surface area (Å²) in [6.07, 6.45) is 5.31. The predicted octanol–water partition coefficient (Wildman–Crippen LogP) is 4.32. The molecule has 0 aromatic heterocycles. The monoisotopic (exact) mass is 560 g/mol. The van der Waals surface area contributed by atoms with Gasteiger partial charge < -0.3 is 10.6 Å². The van der Waals surface area contributed by atoms with Gasteiger partial charge >= 0.3 is 0 Å². The number of benzene rings is 3. The molecule has 1 aliphatic heterocycles. The van der Waals surface area contributed by atoms with Crippen LogP contribution >= 0.6 is 0 Å². The molecule has 1 aliphatic carbocycles. The molecule has 0 atom stereocenters. The Morgan fingerprint density at radius 3 is 2.38 bits per heavy atom. The lowest BCUT2D eigenvalue weighted by Gasteiger charge is -2.29. The SMILES string of the molecule is CC1=C(CC(=O)NCc2ccccc2CNC2CCCC2)C(=O)N(NS(=O)(=O)c2cccc3ccccc23)CC1. The molecule has 0 saturated heterocycles. The van der Waals surface area contributed by atoms with Gasteiger partial charge in [-0.3, -0.25) is 14.6 Å². The van der Waals surface area contributed by atoms with Gasteiger partial charge in [0.25, 0.3) is 15.9 Å². The van der Waals surface area contributed by atoms with Crippen molar-refractivity contribution < 1.29 is 18.0 Å². The van der Waals surface area contributed by atoms with Crippen LogP contribution in [0.2, 0.25) is 0 Å². The number of amides is 2. The number of carbonyl (C=O) groups excluding carboxylic acids is 2. The Labute approximate surface area is 235 Å². The summed E-state index contributed by atoms with van der Waals surface area (Å²) in [4.78, 5) is 28.8. The number of sulfonamides is 1. The lowest BCUT2D eigenvalue weighted by atomic mass is 9.98. The predicted molar refractivity (Wildman–Crippen MR) is 155 cm³/mol. The van der Waals surface area contributed by atoms with Gasteiger partial charge in [-0.2, -0.15) is 0 Å². The Morgan fingerprint density at radius 2 is 1.60 bits per heavy atom. The van der Waals surface area contributed by atoms with Gasteiger partial charge in [0, 0.05) is 36.6 Å². The van der Waals surface area contributed by atoms with E-state index >= 15 is 0 Å². The Morgan fingerprint density at radius 1 is 0.925 bits per heavy atom. The molecular weight excluding hydrogens is 524 g/mol. The van der Waals surface area contributed by atoms with Gasteiger partial charge in [0.2, 0.25) is 5.91 Å². The molecule has 3 aromatic rings. The number of hydrogen-bond donors (Lipinski definition) is 3. The summed E-state index contributed by atoms with van der Waals surface area (Å²) >= 11 is 0. The van der Waals surface area contributed by atoms with Crippen LogP contribution in [0.4, 0.5) is 0 Å². The van der Waals surface area contributed by atoms with Crippen molar-refractivity contribution >= 4 is 32.6 Å². The molecule has 3 aromatic carbocycles. The molecule has 9 heteroatoms. The van der Waals surface area contributed by atoms with E-state index in [1.54, 1.807) is 18.2 Å². The van der Waals surface area contributed by atoms with Crippen LogP contribution in [0.5, 0.6) is 0 Å². The van der Waals surface area contributed by atoms with E-state index < -0.39 is 15.9 Å². The van der Waals surface area contributed by atoms with Gasteiger partial charge in [0.1, 0.15) is 0 Å². The standard InChI is InChI=1S/C31H36N4O4S/c1-22-17-18-35(34-40(38,39)29-16-8-12-23-9-4-7-15-27(23)29)31(37)28(22)19-30(36)33-21-25-11-3-2-10-24(25)20-32-26-13-5-6-14-26/h2-4,7-12,15-16,26,32,34H,5-6,13-14,17-21H2,1H3,(H,33,36). The van der Waals surface area contributed by atoms with E-state index in [2.05, 4.69) is 21.5 Å². The molecule has 0 unspecified atom stereocenters. The minimum atomic E-state index is -4.03. The molecule has 3 N–H and O–H groups in total. The lowest BCUT2D eigenvalue weighted by Crippen LogP contribution is -2.49. The van der Waals surface area contributed by atoms with Gasteiger partial charge in [0.05, 0.1) is 11.3 Å². The van der Waals surface area contributed by atoms with Crippen molar-refractivity contribution in [3.63, 3.8) is 0 Å².